The predicted molar refractivity (Wildman–Crippen MR) is 71.2 cm³/mol. The minimum Gasteiger partial charge on any atom is -0.382 e. The molecule has 0 fully saturated rings. The number of nitrogens with one attached hydrogen (secondary N) is 1. The Morgan fingerprint density at radius 3 is 2.29 bits per heavy atom. The highest BCUT2D eigenvalue weighted by Crippen LogP contribution is 2.33. The van der Waals surface area contributed by atoms with Crippen molar-refractivity contribution in [3.63, 3.8) is 0 Å². The summed E-state index contributed by atoms with van der Waals surface area (Å²) in [5, 5.41) is 11.8. The zero-order valence-corrected chi connectivity index (χ0v) is 10.7. The van der Waals surface area contributed by atoms with E-state index in [1.807, 2.05) is 0 Å². The second kappa shape index (κ2) is 4.96. The van der Waals surface area contributed by atoms with E-state index in [0.717, 1.165) is 0 Å². The van der Waals surface area contributed by atoms with Gasteiger partial charge in [0.15, 0.2) is 5.82 Å². The normalized spacial score (nSPS) is 10.3. The van der Waals surface area contributed by atoms with Crippen molar-refractivity contribution in [2.45, 2.75) is 0 Å². The van der Waals surface area contributed by atoms with E-state index in [1.54, 1.807) is 24.3 Å². The van der Waals surface area contributed by atoms with Crippen molar-refractivity contribution in [1.29, 1.82) is 0 Å². The van der Waals surface area contributed by atoms with Gasteiger partial charge in [-0.15, -0.1) is 10.2 Å². The van der Waals surface area contributed by atoms with Crippen LogP contribution in [0, 0.1) is 0 Å². The molecule has 0 atom stereocenters. The fraction of sp³-hybridized carbons (Fsp3) is 0. The molecule has 3 N–H and O–H groups in total. The van der Waals surface area contributed by atoms with E-state index in [1.165, 1.54) is 0 Å². The Kier molecular flexibility index (Phi) is 3.57. The van der Waals surface area contributed by atoms with Gasteiger partial charge in [0.05, 0.1) is 20.8 Å². The van der Waals surface area contributed by atoms with E-state index in [-0.39, 0.29) is 0 Å². The standard InChI is InChI=1S/C10H7Cl3N4/c11-5-3-7(13)8(4-6(5)12)15-10-2-1-9(14)16-17-10/h1-4H,(H2,14,16)(H,15,17). The average Bonchev–Trinajstić information content (AvgIpc) is 2.29. The van der Waals surface area contributed by atoms with Crippen LogP contribution in [0.5, 0.6) is 0 Å². The molecule has 1 heterocycles. The second-order valence-electron chi connectivity index (χ2n) is 3.21. The zero-order chi connectivity index (χ0) is 12.4. The molecular formula is C10H7Cl3N4. The van der Waals surface area contributed by atoms with Crippen LogP contribution >= 0.6 is 34.8 Å². The summed E-state index contributed by atoms with van der Waals surface area (Å²) >= 11 is 17.7. The van der Waals surface area contributed by atoms with Crippen LogP contribution in [0.4, 0.5) is 17.3 Å². The molecule has 1 aromatic heterocycles. The molecule has 0 radical (unpaired) electrons. The van der Waals surface area contributed by atoms with Gasteiger partial charge in [0.2, 0.25) is 0 Å². The third-order valence-electron chi connectivity index (χ3n) is 1.96. The Morgan fingerprint density at radius 1 is 0.941 bits per heavy atom. The lowest BCUT2D eigenvalue weighted by molar-refractivity contribution is 1.05. The summed E-state index contributed by atoms with van der Waals surface area (Å²) in [5.41, 5.74) is 6.03. The number of aromatic nitrogens is 2. The zero-order valence-electron chi connectivity index (χ0n) is 8.42. The summed E-state index contributed by atoms with van der Waals surface area (Å²) in [6.07, 6.45) is 0. The van der Waals surface area contributed by atoms with Crippen LogP contribution in [0.3, 0.4) is 0 Å². The molecule has 0 unspecified atom stereocenters. The van der Waals surface area contributed by atoms with Gasteiger partial charge in [0.1, 0.15) is 5.82 Å². The number of rotatable bonds is 2. The molecule has 0 spiro atoms. The molecule has 0 amide bonds. The smallest absolute Gasteiger partial charge is 0.153 e. The van der Waals surface area contributed by atoms with Crippen LogP contribution in [0.25, 0.3) is 0 Å². The number of benzene rings is 1. The molecule has 4 nitrogen and oxygen atoms in total. The lowest BCUT2D eigenvalue weighted by Crippen LogP contribution is -1.98. The van der Waals surface area contributed by atoms with Crippen molar-refractivity contribution < 1.29 is 0 Å². The number of anilines is 3. The molecule has 2 aromatic rings. The molecule has 0 aliphatic heterocycles. The number of hydrogen-bond acceptors (Lipinski definition) is 4. The highest BCUT2D eigenvalue weighted by atomic mass is 35.5. The summed E-state index contributed by atoms with van der Waals surface area (Å²) in [5.74, 6) is 0.857. The molecule has 0 aliphatic rings. The Bertz CT molecular complexity index is 542. The maximum atomic E-state index is 6.00. The maximum Gasteiger partial charge on any atom is 0.153 e. The van der Waals surface area contributed by atoms with Crippen molar-refractivity contribution in [3.05, 3.63) is 39.3 Å². The molecule has 2 rings (SSSR count). The van der Waals surface area contributed by atoms with Gasteiger partial charge in [-0.2, -0.15) is 0 Å². The topological polar surface area (TPSA) is 63.8 Å². The highest BCUT2D eigenvalue weighted by Gasteiger charge is 2.06. The van der Waals surface area contributed by atoms with Crippen LogP contribution in [-0.4, -0.2) is 10.2 Å². The first-order chi connectivity index (χ1) is 8.06. The van der Waals surface area contributed by atoms with Gasteiger partial charge < -0.3 is 11.1 Å². The summed E-state index contributed by atoms with van der Waals surface area (Å²) in [6.45, 7) is 0. The Hall–Kier alpha value is -1.23. The van der Waals surface area contributed by atoms with Gasteiger partial charge in [-0.05, 0) is 24.3 Å². The van der Waals surface area contributed by atoms with E-state index in [0.29, 0.717) is 32.4 Å². The number of nitrogens with zero attached hydrogens (tertiary/aromatic N) is 2. The fourth-order valence-electron chi connectivity index (χ4n) is 1.17. The third kappa shape index (κ3) is 2.91. The largest absolute Gasteiger partial charge is 0.382 e. The van der Waals surface area contributed by atoms with Crippen molar-refractivity contribution >= 4 is 52.1 Å². The molecule has 17 heavy (non-hydrogen) atoms. The van der Waals surface area contributed by atoms with E-state index in [4.69, 9.17) is 40.5 Å². The van der Waals surface area contributed by atoms with Gasteiger partial charge in [0.25, 0.3) is 0 Å². The van der Waals surface area contributed by atoms with Crippen LogP contribution in [0.15, 0.2) is 24.3 Å². The van der Waals surface area contributed by atoms with Crippen molar-refractivity contribution in [3.8, 4) is 0 Å². The minimum atomic E-state index is 0.343. The summed E-state index contributed by atoms with van der Waals surface area (Å²) in [7, 11) is 0. The van der Waals surface area contributed by atoms with E-state index < -0.39 is 0 Å². The third-order valence-corrected chi connectivity index (χ3v) is 2.99. The van der Waals surface area contributed by atoms with Gasteiger partial charge in [-0.1, -0.05) is 34.8 Å². The fourth-order valence-corrected chi connectivity index (χ4v) is 1.76. The molecule has 0 aliphatic carbocycles. The van der Waals surface area contributed by atoms with Crippen molar-refractivity contribution in [1.82, 2.24) is 10.2 Å². The Morgan fingerprint density at radius 2 is 1.65 bits per heavy atom. The van der Waals surface area contributed by atoms with Gasteiger partial charge in [-0.25, -0.2) is 0 Å². The molecule has 1 aromatic carbocycles. The molecule has 0 saturated carbocycles. The van der Waals surface area contributed by atoms with Crippen molar-refractivity contribution in [2.75, 3.05) is 11.1 Å². The number of hydrogen-bond donors (Lipinski definition) is 2. The van der Waals surface area contributed by atoms with Crippen LogP contribution in [-0.2, 0) is 0 Å². The molecule has 7 heteroatoms. The average molecular weight is 290 g/mol. The Labute approximate surface area is 113 Å². The van der Waals surface area contributed by atoms with E-state index in [9.17, 15) is 0 Å². The summed E-state index contributed by atoms with van der Waals surface area (Å²) in [4.78, 5) is 0. The van der Waals surface area contributed by atoms with Crippen LogP contribution in [0.2, 0.25) is 15.1 Å². The van der Waals surface area contributed by atoms with Crippen molar-refractivity contribution in [2.24, 2.45) is 0 Å². The molecule has 88 valence electrons. The lowest BCUT2D eigenvalue weighted by Gasteiger charge is -2.08. The molecule has 0 bridgehead atoms. The number of nitrogens with two attached hydrogens (primary N) is 1. The predicted octanol–water partition coefficient (Wildman–Crippen LogP) is 3.76. The first kappa shape index (κ1) is 12.2. The quantitative estimate of drug-likeness (QED) is 0.826. The molecule has 0 saturated heterocycles. The van der Waals surface area contributed by atoms with Gasteiger partial charge in [-0.3, -0.25) is 0 Å². The van der Waals surface area contributed by atoms with E-state index >= 15 is 0 Å². The second-order valence-corrected chi connectivity index (χ2v) is 4.44. The lowest BCUT2D eigenvalue weighted by atomic mass is 10.3. The van der Waals surface area contributed by atoms with Crippen LogP contribution in [0.1, 0.15) is 0 Å². The first-order valence-corrected chi connectivity index (χ1v) is 5.70. The molecular weight excluding hydrogens is 282 g/mol. The first-order valence-electron chi connectivity index (χ1n) is 4.57. The summed E-state index contributed by atoms with van der Waals surface area (Å²) in [6, 6.07) is 6.48. The SMILES string of the molecule is Nc1ccc(Nc2cc(Cl)c(Cl)cc2Cl)nn1. The number of nitrogen functional groups attached to an aromatic ring is 1. The summed E-state index contributed by atoms with van der Waals surface area (Å²) < 4.78 is 0. The monoisotopic (exact) mass is 288 g/mol. The number of halogens is 3. The minimum absolute atomic E-state index is 0.343. The van der Waals surface area contributed by atoms with E-state index in [2.05, 4.69) is 15.5 Å². The van der Waals surface area contributed by atoms with Crippen LogP contribution < -0.4 is 11.1 Å². The van der Waals surface area contributed by atoms with Gasteiger partial charge >= 0.3 is 0 Å². The highest BCUT2D eigenvalue weighted by molar-refractivity contribution is 6.44. The maximum absolute atomic E-state index is 6.00. The van der Waals surface area contributed by atoms with Gasteiger partial charge in [0, 0.05) is 0 Å². The Balaban J connectivity index is 2.30.